The highest BCUT2D eigenvalue weighted by Gasteiger charge is 2.09. The minimum Gasteiger partial charge on any atom is -0.477 e. The number of carboxylic acid groups (broad SMARTS) is 1. The number of nitrogens with one attached hydrogen (secondary N) is 1. The number of carbonyl (C=O) groups is 1. The third-order valence-corrected chi connectivity index (χ3v) is 2.84. The molecule has 2 aromatic rings. The highest BCUT2D eigenvalue weighted by molar-refractivity contribution is 6.30. The van der Waals surface area contributed by atoms with E-state index in [2.05, 4.69) is 15.3 Å². The lowest BCUT2D eigenvalue weighted by atomic mass is 10.1. The van der Waals surface area contributed by atoms with Crippen LogP contribution in [0.3, 0.4) is 0 Å². The second kappa shape index (κ2) is 5.67. The van der Waals surface area contributed by atoms with Gasteiger partial charge in [0, 0.05) is 11.2 Å². The molecule has 1 heterocycles. The Morgan fingerprint density at radius 1 is 1.32 bits per heavy atom. The molecule has 0 radical (unpaired) electrons. The first kappa shape index (κ1) is 13.3. The highest BCUT2D eigenvalue weighted by Crippen LogP contribution is 2.19. The van der Waals surface area contributed by atoms with Crippen LogP contribution in [0.2, 0.25) is 5.02 Å². The van der Waals surface area contributed by atoms with E-state index in [-0.39, 0.29) is 17.7 Å². The molecule has 0 aliphatic heterocycles. The molecule has 6 heteroatoms. The Morgan fingerprint density at radius 2 is 2.00 bits per heavy atom. The Bertz CT molecular complexity index is 587. The van der Waals surface area contributed by atoms with Gasteiger partial charge in [0.25, 0.3) is 0 Å². The van der Waals surface area contributed by atoms with Gasteiger partial charge in [-0.1, -0.05) is 23.7 Å². The van der Waals surface area contributed by atoms with Crippen molar-refractivity contribution >= 4 is 23.5 Å². The molecule has 0 fully saturated rings. The maximum Gasteiger partial charge on any atom is 0.354 e. The van der Waals surface area contributed by atoms with E-state index in [9.17, 15) is 4.79 Å². The van der Waals surface area contributed by atoms with Gasteiger partial charge in [0.05, 0.1) is 6.04 Å². The second-order valence-corrected chi connectivity index (χ2v) is 4.42. The van der Waals surface area contributed by atoms with Crippen LogP contribution < -0.4 is 5.32 Å². The van der Waals surface area contributed by atoms with Crippen molar-refractivity contribution in [2.75, 3.05) is 5.32 Å². The lowest BCUT2D eigenvalue weighted by Gasteiger charge is -2.14. The van der Waals surface area contributed by atoms with Crippen molar-refractivity contribution in [2.45, 2.75) is 13.0 Å². The third-order valence-electron chi connectivity index (χ3n) is 2.59. The molecule has 1 aromatic carbocycles. The molecule has 0 spiro atoms. The van der Waals surface area contributed by atoms with Gasteiger partial charge >= 0.3 is 5.97 Å². The van der Waals surface area contributed by atoms with Crippen molar-refractivity contribution in [2.24, 2.45) is 0 Å². The van der Waals surface area contributed by atoms with Crippen molar-refractivity contribution in [1.82, 2.24) is 9.97 Å². The van der Waals surface area contributed by atoms with Crippen LogP contribution in [0.5, 0.6) is 0 Å². The molecule has 1 aromatic heterocycles. The zero-order chi connectivity index (χ0) is 13.8. The van der Waals surface area contributed by atoms with Crippen molar-refractivity contribution in [3.05, 3.63) is 52.8 Å². The van der Waals surface area contributed by atoms with E-state index < -0.39 is 5.97 Å². The summed E-state index contributed by atoms with van der Waals surface area (Å²) in [7, 11) is 0. The molecule has 98 valence electrons. The number of aromatic carboxylic acids is 1. The maximum atomic E-state index is 10.8. The van der Waals surface area contributed by atoms with Crippen molar-refractivity contribution in [3.63, 3.8) is 0 Å². The van der Waals surface area contributed by atoms with Crippen LogP contribution in [0.25, 0.3) is 0 Å². The summed E-state index contributed by atoms with van der Waals surface area (Å²) in [5.74, 6) is -0.799. The van der Waals surface area contributed by atoms with Gasteiger partial charge in [-0.05, 0) is 30.7 Å². The Hall–Kier alpha value is -2.14. The van der Waals surface area contributed by atoms with Gasteiger partial charge in [-0.25, -0.2) is 14.8 Å². The molecule has 0 aliphatic rings. The number of hydrogen-bond acceptors (Lipinski definition) is 4. The summed E-state index contributed by atoms with van der Waals surface area (Å²) in [6, 6.07) is 8.66. The number of rotatable bonds is 4. The Balaban J connectivity index is 2.14. The van der Waals surface area contributed by atoms with Crippen molar-refractivity contribution in [3.8, 4) is 0 Å². The summed E-state index contributed by atoms with van der Waals surface area (Å²) in [6.45, 7) is 1.93. The van der Waals surface area contributed by atoms with Crippen LogP contribution in [0.1, 0.15) is 29.0 Å². The minimum absolute atomic E-state index is 0.0409. The van der Waals surface area contributed by atoms with Crippen LogP contribution in [-0.2, 0) is 0 Å². The molecule has 0 aliphatic carbocycles. The summed E-state index contributed by atoms with van der Waals surface area (Å²) in [5, 5.41) is 12.6. The molecular weight excluding hydrogens is 266 g/mol. The Morgan fingerprint density at radius 3 is 2.63 bits per heavy atom. The monoisotopic (exact) mass is 277 g/mol. The third kappa shape index (κ3) is 3.42. The van der Waals surface area contributed by atoms with E-state index in [1.54, 1.807) is 12.1 Å². The van der Waals surface area contributed by atoms with E-state index in [0.29, 0.717) is 5.02 Å². The van der Waals surface area contributed by atoms with Crippen LogP contribution in [0.4, 0.5) is 5.95 Å². The van der Waals surface area contributed by atoms with Gasteiger partial charge in [-0.15, -0.1) is 0 Å². The highest BCUT2D eigenvalue weighted by atomic mass is 35.5. The fourth-order valence-electron chi connectivity index (χ4n) is 1.58. The average molecular weight is 278 g/mol. The molecule has 1 atom stereocenters. The Kier molecular flexibility index (Phi) is 3.97. The standard InChI is InChI=1S/C13H12ClN3O2/c1-8(9-2-4-10(14)5-3-9)16-13-15-7-6-11(17-13)12(18)19/h2-8H,1H3,(H,18,19)(H,15,16,17). The molecule has 0 saturated heterocycles. The largest absolute Gasteiger partial charge is 0.477 e. The number of carboxylic acids is 1. The topological polar surface area (TPSA) is 75.1 Å². The zero-order valence-electron chi connectivity index (χ0n) is 10.2. The van der Waals surface area contributed by atoms with E-state index in [0.717, 1.165) is 5.56 Å². The van der Waals surface area contributed by atoms with E-state index in [1.165, 1.54) is 12.3 Å². The quantitative estimate of drug-likeness (QED) is 0.898. The molecule has 19 heavy (non-hydrogen) atoms. The first-order valence-electron chi connectivity index (χ1n) is 5.64. The number of hydrogen-bond donors (Lipinski definition) is 2. The molecule has 2 N–H and O–H groups in total. The summed E-state index contributed by atoms with van der Waals surface area (Å²) in [5.41, 5.74) is 0.967. The molecule has 0 amide bonds. The fraction of sp³-hybridized carbons (Fsp3) is 0.154. The Labute approximate surface area is 115 Å². The lowest BCUT2D eigenvalue weighted by molar-refractivity contribution is 0.0690. The summed E-state index contributed by atoms with van der Waals surface area (Å²) < 4.78 is 0. The van der Waals surface area contributed by atoms with Gasteiger partial charge in [0.2, 0.25) is 5.95 Å². The number of benzene rings is 1. The lowest BCUT2D eigenvalue weighted by Crippen LogP contribution is -2.11. The molecular formula is C13H12ClN3O2. The van der Waals surface area contributed by atoms with Crippen LogP contribution >= 0.6 is 11.6 Å². The van der Waals surface area contributed by atoms with Crippen LogP contribution in [0.15, 0.2) is 36.5 Å². The van der Waals surface area contributed by atoms with E-state index in [4.69, 9.17) is 16.7 Å². The predicted molar refractivity (Wildman–Crippen MR) is 72.5 cm³/mol. The van der Waals surface area contributed by atoms with E-state index in [1.807, 2.05) is 19.1 Å². The minimum atomic E-state index is -1.08. The number of anilines is 1. The summed E-state index contributed by atoms with van der Waals surface area (Å²) >= 11 is 5.82. The first-order chi connectivity index (χ1) is 9.06. The first-order valence-corrected chi connectivity index (χ1v) is 6.02. The van der Waals surface area contributed by atoms with Gasteiger partial charge in [0.15, 0.2) is 5.69 Å². The van der Waals surface area contributed by atoms with Gasteiger partial charge in [0.1, 0.15) is 0 Å². The predicted octanol–water partition coefficient (Wildman–Crippen LogP) is 3.00. The van der Waals surface area contributed by atoms with Gasteiger partial charge in [-0.2, -0.15) is 0 Å². The summed E-state index contributed by atoms with van der Waals surface area (Å²) in [6.07, 6.45) is 1.41. The summed E-state index contributed by atoms with van der Waals surface area (Å²) in [4.78, 5) is 18.7. The van der Waals surface area contributed by atoms with Gasteiger partial charge in [-0.3, -0.25) is 0 Å². The smallest absolute Gasteiger partial charge is 0.354 e. The number of halogens is 1. The second-order valence-electron chi connectivity index (χ2n) is 3.99. The van der Waals surface area contributed by atoms with Crippen molar-refractivity contribution in [1.29, 1.82) is 0 Å². The van der Waals surface area contributed by atoms with Crippen molar-refractivity contribution < 1.29 is 9.90 Å². The molecule has 1 unspecified atom stereocenters. The SMILES string of the molecule is CC(Nc1nccc(C(=O)O)n1)c1ccc(Cl)cc1. The molecule has 5 nitrogen and oxygen atoms in total. The number of nitrogens with zero attached hydrogens (tertiary/aromatic N) is 2. The fourth-order valence-corrected chi connectivity index (χ4v) is 1.70. The molecule has 0 bridgehead atoms. The van der Waals surface area contributed by atoms with Gasteiger partial charge < -0.3 is 10.4 Å². The normalized spacial score (nSPS) is 11.9. The number of aromatic nitrogens is 2. The maximum absolute atomic E-state index is 10.8. The molecule has 0 saturated carbocycles. The average Bonchev–Trinajstić information content (AvgIpc) is 2.39. The van der Waals surface area contributed by atoms with Crippen LogP contribution in [0, 0.1) is 0 Å². The van der Waals surface area contributed by atoms with E-state index >= 15 is 0 Å². The van der Waals surface area contributed by atoms with Crippen LogP contribution in [-0.4, -0.2) is 21.0 Å². The zero-order valence-corrected chi connectivity index (χ0v) is 10.9. The molecule has 2 rings (SSSR count).